The summed E-state index contributed by atoms with van der Waals surface area (Å²) in [4.78, 5) is 24.0. The van der Waals surface area contributed by atoms with E-state index in [0.717, 1.165) is 4.68 Å². The normalized spacial score (nSPS) is 10.5. The van der Waals surface area contributed by atoms with Crippen molar-refractivity contribution in [1.82, 2.24) is 15.1 Å². The van der Waals surface area contributed by atoms with Gasteiger partial charge >= 0.3 is 0 Å². The molecule has 0 bridgehead atoms. The molecule has 0 saturated heterocycles. The molecule has 26 heavy (non-hydrogen) atoms. The maximum Gasteiger partial charge on any atom is 0.267 e. The molecule has 0 aliphatic carbocycles. The van der Waals surface area contributed by atoms with Gasteiger partial charge in [0.25, 0.3) is 5.56 Å². The zero-order valence-corrected chi connectivity index (χ0v) is 13.7. The number of hydrogen-bond donors (Lipinski definition) is 1. The molecule has 0 unspecified atom stereocenters. The van der Waals surface area contributed by atoms with Crippen molar-refractivity contribution in [3.8, 4) is 11.3 Å². The molecule has 3 aromatic rings. The smallest absolute Gasteiger partial charge is 0.267 e. The Hall–Kier alpha value is -3.35. The van der Waals surface area contributed by atoms with Gasteiger partial charge in [-0.15, -0.1) is 0 Å². The highest BCUT2D eigenvalue weighted by Gasteiger charge is 2.11. The average Bonchev–Trinajstić information content (AvgIpc) is 2.63. The molecule has 1 aromatic heterocycles. The minimum atomic E-state index is -0.506. The molecule has 1 N–H and O–H groups in total. The van der Waals surface area contributed by atoms with E-state index >= 15 is 0 Å². The zero-order valence-electron chi connectivity index (χ0n) is 13.7. The van der Waals surface area contributed by atoms with E-state index in [-0.39, 0.29) is 24.3 Å². The topological polar surface area (TPSA) is 64.0 Å². The largest absolute Gasteiger partial charge is 0.350 e. The third kappa shape index (κ3) is 4.00. The van der Waals surface area contributed by atoms with Gasteiger partial charge in [-0.05, 0) is 24.3 Å². The molecule has 0 radical (unpaired) electrons. The lowest BCUT2D eigenvalue weighted by molar-refractivity contribution is -0.122. The summed E-state index contributed by atoms with van der Waals surface area (Å²) in [5.74, 6) is -1.41. The van der Waals surface area contributed by atoms with Crippen LogP contribution < -0.4 is 10.9 Å². The number of rotatable bonds is 5. The van der Waals surface area contributed by atoms with Crippen molar-refractivity contribution in [2.45, 2.75) is 13.1 Å². The second kappa shape index (κ2) is 7.69. The Morgan fingerprint density at radius 3 is 2.38 bits per heavy atom. The van der Waals surface area contributed by atoms with E-state index in [9.17, 15) is 18.4 Å². The highest BCUT2D eigenvalue weighted by Crippen LogP contribution is 2.18. The van der Waals surface area contributed by atoms with Gasteiger partial charge in [-0.25, -0.2) is 13.5 Å². The molecular formula is C19H15F2N3O2. The van der Waals surface area contributed by atoms with Gasteiger partial charge < -0.3 is 5.32 Å². The van der Waals surface area contributed by atoms with Gasteiger partial charge in [0.1, 0.15) is 18.2 Å². The van der Waals surface area contributed by atoms with Crippen LogP contribution in [0.25, 0.3) is 11.3 Å². The summed E-state index contributed by atoms with van der Waals surface area (Å²) >= 11 is 0. The number of carbonyl (C=O) groups is 1. The lowest BCUT2D eigenvalue weighted by atomic mass is 10.1. The van der Waals surface area contributed by atoms with Crippen LogP contribution in [0.5, 0.6) is 0 Å². The van der Waals surface area contributed by atoms with Gasteiger partial charge in [0, 0.05) is 23.7 Å². The summed E-state index contributed by atoms with van der Waals surface area (Å²) < 4.78 is 28.4. The van der Waals surface area contributed by atoms with Crippen LogP contribution >= 0.6 is 0 Å². The fourth-order valence-electron chi connectivity index (χ4n) is 2.40. The highest BCUT2D eigenvalue weighted by atomic mass is 19.1. The SMILES string of the molecule is O=C(Cn1nc(-c2ccccc2F)ccc1=O)NCc1ccccc1F. The molecule has 7 heteroatoms. The molecule has 0 atom stereocenters. The monoisotopic (exact) mass is 355 g/mol. The lowest BCUT2D eigenvalue weighted by Crippen LogP contribution is -2.33. The zero-order chi connectivity index (χ0) is 18.5. The molecule has 0 saturated carbocycles. The van der Waals surface area contributed by atoms with Crippen LogP contribution in [0.2, 0.25) is 0 Å². The van der Waals surface area contributed by atoms with E-state index in [1.807, 2.05) is 0 Å². The first-order chi connectivity index (χ1) is 12.5. The van der Waals surface area contributed by atoms with Crippen LogP contribution in [0.1, 0.15) is 5.56 Å². The maximum atomic E-state index is 13.9. The van der Waals surface area contributed by atoms with E-state index in [1.165, 1.54) is 30.3 Å². The van der Waals surface area contributed by atoms with E-state index < -0.39 is 23.1 Å². The van der Waals surface area contributed by atoms with Crippen LogP contribution in [0.15, 0.2) is 65.5 Å². The number of nitrogens with zero attached hydrogens (tertiary/aromatic N) is 2. The minimum absolute atomic E-state index is 0.00669. The summed E-state index contributed by atoms with van der Waals surface area (Å²) in [6.45, 7) is -0.358. The Morgan fingerprint density at radius 2 is 1.65 bits per heavy atom. The second-order valence-corrected chi connectivity index (χ2v) is 5.56. The fourth-order valence-corrected chi connectivity index (χ4v) is 2.40. The fraction of sp³-hybridized carbons (Fsp3) is 0.105. The van der Waals surface area contributed by atoms with Crippen LogP contribution in [0.4, 0.5) is 8.78 Å². The van der Waals surface area contributed by atoms with Crippen LogP contribution in [-0.2, 0) is 17.9 Å². The molecule has 132 valence electrons. The number of benzene rings is 2. The molecule has 2 aromatic carbocycles. The summed E-state index contributed by atoms with van der Waals surface area (Å²) in [6, 6.07) is 14.7. The van der Waals surface area contributed by atoms with Crippen molar-refractivity contribution in [1.29, 1.82) is 0 Å². The van der Waals surface area contributed by atoms with Crippen molar-refractivity contribution in [3.05, 3.63) is 88.2 Å². The standard InChI is InChI=1S/C19H15F2N3O2/c20-15-7-3-1-5-13(15)11-22-18(25)12-24-19(26)10-9-17(23-24)14-6-2-4-8-16(14)21/h1-10H,11-12H2,(H,22,25). The molecule has 0 spiro atoms. The number of carbonyl (C=O) groups excluding carboxylic acids is 1. The summed E-state index contributed by atoms with van der Waals surface area (Å²) in [6.07, 6.45) is 0. The molecule has 3 rings (SSSR count). The Kier molecular flexibility index (Phi) is 5.17. The van der Waals surface area contributed by atoms with E-state index in [4.69, 9.17) is 0 Å². The maximum absolute atomic E-state index is 13.9. The van der Waals surface area contributed by atoms with Crippen LogP contribution in [0, 0.1) is 11.6 Å². The van der Waals surface area contributed by atoms with Gasteiger partial charge in [-0.1, -0.05) is 30.3 Å². The Bertz CT molecular complexity index is 1000. The molecule has 1 amide bonds. The Balaban J connectivity index is 1.74. The Labute approximate surface area is 147 Å². The number of aromatic nitrogens is 2. The van der Waals surface area contributed by atoms with Crippen molar-refractivity contribution in [2.24, 2.45) is 0 Å². The van der Waals surface area contributed by atoms with Gasteiger partial charge in [0.15, 0.2) is 0 Å². The molecule has 0 fully saturated rings. The van der Waals surface area contributed by atoms with E-state index in [1.54, 1.807) is 30.3 Å². The van der Waals surface area contributed by atoms with E-state index in [2.05, 4.69) is 10.4 Å². The van der Waals surface area contributed by atoms with E-state index in [0.29, 0.717) is 5.56 Å². The van der Waals surface area contributed by atoms with Crippen molar-refractivity contribution >= 4 is 5.91 Å². The molecular weight excluding hydrogens is 340 g/mol. The molecule has 1 heterocycles. The molecule has 0 aliphatic rings. The summed E-state index contributed by atoms with van der Waals surface area (Å²) in [5.41, 5.74) is 0.310. The highest BCUT2D eigenvalue weighted by molar-refractivity contribution is 5.75. The number of hydrogen-bond acceptors (Lipinski definition) is 3. The van der Waals surface area contributed by atoms with Crippen molar-refractivity contribution in [2.75, 3.05) is 0 Å². The predicted molar refractivity (Wildman–Crippen MR) is 92.1 cm³/mol. The number of nitrogens with one attached hydrogen (secondary N) is 1. The van der Waals surface area contributed by atoms with Crippen molar-refractivity contribution < 1.29 is 13.6 Å². The quantitative estimate of drug-likeness (QED) is 0.765. The third-order valence-electron chi connectivity index (χ3n) is 3.74. The first-order valence-corrected chi connectivity index (χ1v) is 7.88. The number of amides is 1. The van der Waals surface area contributed by atoms with Crippen LogP contribution in [0.3, 0.4) is 0 Å². The van der Waals surface area contributed by atoms with Crippen molar-refractivity contribution in [3.63, 3.8) is 0 Å². The van der Waals surface area contributed by atoms with Gasteiger partial charge in [0.2, 0.25) is 5.91 Å². The summed E-state index contributed by atoms with van der Waals surface area (Å²) in [5, 5.41) is 6.58. The van der Waals surface area contributed by atoms with Gasteiger partial charge in [-0.3, -0.25) is 9.59 Å². The first-order valence-electron chi connectivity index (χ1n) is 7.88. The summed E-state index contributed by atoms with van der Waals surface area (Å²) in [7, 11) is 0. The average molecular weight is 355 g/mol. The molecule has 5 nitrogen and oxygen atoms in total. The molecule has 0 aliphatic heterocycles. The van der Waals surface area contributed by atoms with Gasteiger partial charge in [0.05, 0.1) is 5.69 Å². The minimum Gasteiger partial charge on any atom is -0.350 e. The number of halogens is 2. The first kappa shape index (κ1) is 17.5. The van der Waals surface area contributed by atoms with Crippen LogP contribution in [-0.4, -0.2) is 15.7 Å². The predicted octanol–water partition coefficient (Wildman–Crippen LogP) is 2.50. The lowest BCUT2D eigenvalue weighted by Gasteiger charge is -2.09. The Morgan fingerprint density at radius 1 is 0.962 bits per heavy atom. The van der Waals surface area contributed by atoms with Gasteiger partial charge in [-0.2, -0.15) is 5.10 Å². The third-order valence-corrected chi connectivity index (χ3v) is 3.74. The second-order valence-electron chi connectivity index (χ2n) is 5.56.